The molecule has 0 amide bonds. The molecule has 0 saturated heterocycles. The summed E-state index contributed by atoms with van der Waals surface area (Å²) in [5, 5.41) is 23.5. The normalized spacial score (nSPS) is 11.6. The van der Waals surface area contributed by atoms with Crippen LogP contribution >= 0.6 is 0 Å². The number of nitro groups is 1. The first-order chi connectivity index (χ1) is 10.8. The van der Waals surface area contributed by atoms with Gasteiger partial charge in [-0.05, 0) is 23.8 Å². The van der Waals surface area contributed by atoms with Crippen molar-refractivity contribution in [3.05, 3.63) is 63.7 Å². The zero-order valence-electron chi connectivity index (χ0n) is 11.4. The van der Waals surface area contributed by atoms with E-state index in [1.165, 1.54) is 18.3 Å². The summed E-state index contributed by atoms with van der Waals surface area (Å²) in [4.78, 5) is 9.68. The molecule has 2 rings (SSSR count). The van der Waals surface area contributed by atoms with Crippen LogP contribution in [0.3, 0.4) is 0 Å². The highest BCUT2D eigenvalue weighted by molar-refractivity contribution is 5.80. The molecule has 6 nitrogen and oxygen atoms in total. The average molecular weight is 325 g/mol. The number of alkyl halides is 3. The Kier molecular flexibility index (Phi) is 4.49. The van der Waals surface area contributed by atoms with Crippen molar-refractivity contribution in [1.29, 1.82) is 0 Å². The molecule has 0 bridgehead atoms. The van der Waals surface area contributed by atoms with E-state index in [1.807, 2.05) is 0 Å². The van der Waals surface area contributed by atoms with E-state index in [1.54, 1.807) is 12.1 Å². The van der Waals surface area contributed by atoms with Gasteiger partial charge in [0.1, 0.15) is 5.75 Å². The Balaban J connectivity index is 2.27. The number of nitrogens with one attached hydrogen (secondary N) is 1. The summed E-state index contributed by atoms with van der Waals surface area (Å²) < 4.78 is 38.8. The lowest BCUT2D eigenvalue weighted by molar-refractivity contribution is -0.385. The minimum atomic E-state index is -4.77. The molecule has 2 aromatic rings. The number of hydrogen-bond donors (Lipinski definition) is 2. The Labute approximate surface area is 128 Å². The number of benzene rings is 2. The van der Waals surface area contributed by atoms with Gasteiger partial charge in [-0.1, -0.05) is 12.1 Å². The molecule has 2 N–H and O–H groups in total. The summed E-state index contributed by atoms with van der Waals surface area (Å²) in [5.41, 5.74) is 0.386. The van der Waals surface area contributed by atoms with Gasteiger partial charge in [-0.2, -0.15) is 18.3 Å². The lowest BCUT2D eigenvalue weighted by Crippen LogP contribution is -2.09. The van der Waals surface area contributed by atoms with Gasteiger partial charge in [0.25, 0.3) is 5.69 Å². The minimum Gasteiger partial charge on any atom is -0.508 e. The highest BCUT2D eigenvalue weighted by Crippen LogP contribution is 2.37. The molecule has 0 aromatic heterocycles. The molecule has 120 valence electrons. The highest BCUT2D eigenvalue weighted by Gasteiger charge is 2.35. The Morgan fingerprint density at radius 2 is 1.96 bits per heavy atom. The lowest BCUT2D eigenvalue weighted by Gasteiger charge is -2.11. The van der Waals surface area contributed by atoms with Gasteiger partial charge < -0.3 is 5.11 Å². The fraction of sp³-hybridized carbons (Fsp3) is 0.0714. The smallest absolute Gasteiger partial charge is 0.418 e. The maximum absolute atomic E-state index is 12.9. The number of rotatable bonds is 4. The van der Waals surface area contributed by atoms with Crippen LogP contribution in [0.1, 0.15) is 11.1 Å². The molecule has 9 heteroatoms. The van der Waals surface area contributed by atoms with Gasteiger partial charge in [0.2, 0.25) is 0 Å². The second-order valence-corrected chi connectivity index (χ2v) is 4.45. The molecule has 2 aromatic carbocycles. The summed E-state index contributed by atoms with van der Waals surface area (Å²) in [6.45, 7) is 0. The van der Waals surface area contributed by atoms with Crippen LogP contribution in [0.25, 0.3) is 0 Å². The second-order valence-electron chi connectivity index (χ2n) is 4.45. The first kappa shape index (κ1) is 16.3. The molecule has 23 heavy (non-hydrogen) atoms. The zero-order chi connectivity index (χ0) is 17.0. The Morgan fingerprint density at radius 3 is 2.57 bits per heavy atom. The highest BCUT2D eigenvalue weighted by atomic mass is 19.4. The van der Waals surface area contributed by atoms with Crippen molar-refractivity contribution in [3.8, 4) is 5.75 Å². The van der Waals surface area contributed by atoms with Crippen molar-refractivity contribution < 1.29 is 23.2 Å². The molecular formula is C14H10F3N3O3. The van der Waals surface area contributed by atoms with Gasteiger partial charge in [0.05, 0.1) is 22.4 Å². The molecule has 0 aliphatic heterocycles. The molecule has 0 fully saturated rings. The number of non-ortho nitro benzene ring substituents is 1. The summed E-state index contributed by atoms with van der Waals surface area (Å²) in [5.74, 6) is -0.0136. The number of anilines is 1. The maximum Gasteiger partial charge on any atom is 0.418 e. The van der Waals surface area contributed by atoms with Crippen LogP contribution in [0.15, 0.2) is 47.6 Å². The number of halogens is 3. The van der Waals surface area contributed by atoms with Gasteiger partial charge in [-0.3, -0.25) is 15.5 Å². The van der Waals surface area contributed by atoms with E-state index < -0.39 is 28.0 Å². The standard InChI is InChI=1S/C14H10F3N3O3/c15-14(16,17)12-7-10(20(22)23)4-5-13(12)19-18-8-9-2-1-3-11(21)6-9/h1-8,19,21H. The first-order valence-corrected chi connectivity index (χ1v) is 6.21. The summed E-state index contributed by atoms with van der Waals surface area (Å²) >= 11 is 0. The third kappa shape index (κ3) is 4.19. The molecular weight excluding hydrogens is 315 g/mol. The fourth-order valence-corrected chi connectivity index (χ4v) is 1.76. The van der Waals surface area contributed by atoms with Crippen LogP contribution in [-0.4, -0.2) is 16.2 Å². The molecule has 0 aliphatic carbocycles. The number of hydrogen-bond acceptors (Lipinski definition) is 5. The van der Waals surface area contributed by atoms with E-state index in [0.29, 0.717) is 11.6 Å². The van der Waals surface area contributed by atoms with Crippen LogP contribution in [0, 0.1) is 10.1 Å². The predicted octanol–water partition coefficient (Wildman–Crippen LogP) is 3.77. The van der Waals surface area contributed by atoms with E-state index in [9.17, 15) is 28.4 Å². The van der Waals surface area contributed by atoms with Gasteiger partial charge >= 0.3 is 6.18 Å². The summed E-state index contributed by atoms with van der Waals surface area (Å²) in [7, 11) is 0. The topological polar surface area (TPSA) is 87.8 Å². The van der Waals surface area contributed by atoms with E-state index in [0.717, 1.165) is 12.1 Å². The minimum absolute atomic E-state index is 0.0136. The number of phenols is 1. The van der Waals surface area contributed by atoms with E-state index in [-0.39, 0.29) is 5.75 Å². The third-order valence-electron chi connectivity index (χ3n) is 2.79. The molecule has 0 radical (unpaired) electrons. The van der Waals surface area contributed by atoms with E-state index >= 15 is 0 Å². The number of aromatic hydroxyl groups is 1. The molecule has 0 spiro atoms. The van der Waals surface area contributed by atoms with Crippen molar-refractivity contribution in [2.24, 2.45) is 5.10 Å². The SMILES string of the molecule is O=[N+]([O-])c1ccc(NN=Cc2cccc(O)c2)c(C(F)(F)F)c1. The third-order valence-corrected chi connectivity index (χ3v) is 2.79. The van der Waals surface area contributed by atoms with Crippen molar-refractivity contribution in [3.63, 3.8) is 0 Å². The molecule has 0 unspecified atom stereocenters. The predicted molar refractivity (Wildman–Crippen MR) is 77.4 cm³/mol. The second kappa shape index (κ2) is 6.34. The lowest BCUT2D eigenvalue weighted by atomic mass is 10.1. The first-order valence-electron chi connectivity index (χ1n) is 6.21. The van der Waals surface area contributed by atoms with E-state index in [4.69, 9.17) is 0 Å². The van der Waals surface area contributed by atoms with E-state index in [2.05, 4.69) is 10.5 Å². The molecule has 0 aliphatic rings. The Morgan fingerprint density at radius 1 is 1.22 bits per heavy atom. The molecule has 0 atom stereocenters. The number of hydrazone groups is 1. The van der Waals surface area contributed by atoms with Crippen LogP contribution in [0.4, 0.5) is 24.5 Å². The monoisotopic (exact) mass is 325 g/mol. The van der Waals surface area contributed by atoms with Crippen LogP contribution in [0.5, 0.6) is 5.75 Å². The quantitative estimate of drug-likeness (QED) is 0.509. The zero-order valence-corrected chi connectivity index (χ0v) is 11.4. The maximum atomic E-state index is 12.9. The van der Waals surface area contributed by atoms with Crippen LogP contribution in [0.2, 0.25) is 0 Å². The van der Waals surface area contributed by atoms with Crippen molar-refractivity contribution in [1.82, 2.24) is 0 Å². The fourth-order valence-electron chi connectivity index (χ4n) is 1.76. The van der Waals surface area contributed by atoms with Crippen molar-refractivity contribution >= 4 is 17.6 Å². The van der Waals surface area contributed by atoms with Gasteiger partial charge in [-0.15, -0.1) is 0 Å². The number of nitro benzene ring substituents is 1. The number of phenolic OH excluding ortho intramolecular Hbond substituents is 1. The van der Waals surface area contributed by atoms with Gasteiger partial charge in [-0.25, -0.2) is 0 Å². The molecule has 0 heterocycles. The Bertz CT molecular complexity index is 760. The largest absolute Gasteiger partial charge is 0.508 e. The Hall–Kier alpha value is -3.10. The number of nitrogens with zero attached hydrogens (tertiary/aromatic N) is 2. The van der Waals surface area contributed by atoms with Crippen LogP contribution < -0.4 is 5.43 Å². The average Bonchev–Trinajstić information content (AvgIpc) is 2.46. The van der Waals surface area contributed by atoms with Crippen molar-refractivity contribution in [2.75, 3.05) is 5.43 Å². The van der Waals surface area contributed by atoms with Crippen LogP contribution in [-0.2, 0) is 6.18 Å². The summed E-state index contributed by atoms with van der Waals surface area (Å²) in [6, 6.07) is 8.25. The van der Waals surface area contributed by atoms with Gasteiger partial charge in [0.15, 0.2) is 0 Å². The summed E-state index contributed by atoms with van der Waals surface area (Å²) in [6.07, 6.45) is -3.56. The van der Waals surface area contributed by atoms with Gasteiger partial charge in [0, 0.05) is 12.1 Å². The van der Waals surface area contributed by atoms with Crippen molar-refractivity contribution in [2.45, 2.75) is 6.18 Å². The molecule has 0 saturated carbocycles.